The summed E-state index contributed by atoms with van der Waals surface area (Å²) in [6, 6.07) is 0.236. The van der Waals surface area contributed by atoms with Gasteiger partial charge in [-0.15, -0.1) is 0 Å². The topological polar surface area (TPSA) is 67.2 Å². The normalized spacial score (nSPS) is 22.6. The molecule has 76 valence electrons. The summed E-state index contributed by atoms with van der Waals surface area (Å²) < 4.78 is 0. The van der Waals surface area contributed by atoms with Crippen LogP contribution in [0.4, 0.5) is 4.79 Å². The summed E-state index contributed by atoms with van der Waals surface area (Å²) in [4.78, 5) is 10.3. The molecule has 0 aliphatic carbocycles. The smallest absolute Gasteiger partial charge is 0.312 e. The zero-order valence-electron chi connectivity index (χ0n) is 8.01. The molecule has 13 heavy (non-hydrogen) atoms. The van der Waals surface area contributed by atoms with Crippen molar-refractivity contribution < 1.29 is 4.79 Å². The summed E-state index contributed by atoms with van der Waals surface area (Å²) in [6.45, 7) is 1.85. The van der Waals surface area contributed by atoms with Crippen LogP contribution in [0.1, 0.15) is 32.1 Å². The van der Waals surface area contributed by atoms with Crippen LogP contribution in [0.5, 0.6) is 0 Å². The van der Waals surface area contributed by atoms with Gasteiger partial charge in [0.05, 0.1) is 0 Å². The lowest BCUT2D eigenvalue weighted by molar-refractivity contribution is 0.248. The van der Waals surface area contributed by atoms with Crippen molar-refractivity contribution in [2.24, 2.45) is 5.73 Å². The second kappa shape index (κ2) is 5.80. The first kappa shape index (κ1) is 10.3. The fraction of sp³-hybridized carbons (Fsp3) is 0.889. The maximum absolute atomic E-state index is 10.3. The summed E-state index contributed by atoms with van der Waals surface area (Å²) >= 11 is 0. The van der Waals surface area contributed by atoms with Crippen LogP contribution in [0.15, 0.2) is 0 Å². The summed E-state index contributed by atoms with van der Waals surface area (Å²) in [7, 11) is 0. The van der Waals surface area contributed by atoms with E-state index in [1.54, 1.807) is 0 Å². The number of urea groups is 1. The van der Waals surface area contributed by atoms with Crippen molar-refractivity contribution in [3.63, 3.8) is 0 Å². The van der Waals surface area contributed by atoms with E-state index in [-0.39, 0.29) is 0 Å². The van der Waals surface area contributed by atoms with Gasteiger partial charge in [0.2, 0.25) is 0 Å². The van der Waals surface area contributed by atoms with E-state index < -0.39 is 6.03 Å². The average Bonchev–Trinajstić information content (AvgIpc) is 2.14. The van der Waals surface area contributed by atoms with E-state index in [9.17, 15) is 4.79 Å². The lowest BCUT2D eigenvalue weighted by Gasteiger charge is -2.23. The van der Waals surface area contributed by atoms with Crippen LogP contribution < -0.4 is 16.4 Å². The molecule has 2 amide bonds. The number of carbonyl (C=O) groups excluding carboxylic acids is 1. The minimum absolute atomic E-state index is 0.420. The number of hydrogen-bond acceptors (Lipinski definition) is 2. The molecule has 1 fully saturated rings. The first-order valence-corrected chi connectivity index (χ1v) is 5.06. The number of hydrogen-bond donors (Lipinski definition) is 3. The molecular formula is C9H19N3O. The molecule has 1 aliphatic rings. The van der Waals surface area contributed by atoms with Crippen LogP contribution in [0.3, 0.4) is 0 Å². The Labute approximate surface area is 79.3 Å². The molecule has 4 nitrogen and oxygen atoms in total. The third kappa shape index (κ3) is 4.72. The standard InChI is InChI=1S/C9H19N3O/c10-9(13)12-7-3-5-8-4-1-2-6-11-8/h8,11H,1-7H2,(H3,10,12,13). The van der Waals surface area contributed by atoms with E-state index in [1.165, 1.54) is 19.3 Å². The third-order valence-electron chi connectivity index (χ3n) is 2.44. The van der Waals surface area contributed by atoms with Crippen LogP contribution in [0, 0.1) is 0 Å². The molecule has 0 spiro atoms. The van der Waals surface area contributed by atoms with E-state index in [4.69, 9.17) is 5.73 Å². The van der Waals surface area contributed by atoms with Gasteiger partial charge in [-0.25, -0.2) is 4.79 Å². The number of nitrogens with two attached hydrogens (primary N) is 1. The van der Waals surface area contributed by atoms with E-state index in [0.717, 1.165) is 19.4 Å². The van der Waals surface area contributed by atoms with Crippen molar-refractivity contribution in [1.29, 1.82) is 0 Å². The van der Waals surface area contributed by atoms with Crippen LogP contribution in [-0.2, 0) is 0 Å². The van der Waals surface area contributed by atoms with Gasteiger partial charge in [0, 0.05) is 12.6 Å². The van der Waals surface area contributed by atoms with Gasteiger partial charge in [-0.2, -0.15) is 0 Å². The number of piperidine rings is 1. The minimum atomic E-state index is -0.420. The largest absolute Gasteiger partial charge is 0.352 e. The molecule has 1 unspecified atom stereocenters. The Bertz CT molecular complexity index is 155. The molecule has 1 saturated heterocycles. The molecule has 0 aromatic carbocycles. The Hall–Kier alpha value is -0.770. The van der Waals surface area contributed by atoms with Gasteiger partial charge in [-0.3, -0.25) is 0 Å². The van der Waals surface area contributed by atoms with Gasteiger partial charge in [-0.1, -0.05) is 6.42 Å². The molecule has 0 aromatic heterocycles. The van der Waals surface area contributed by atoms with Crippen molar-refractivity contribution >= 4 is 6.03 Å². The Morgan fingerprint density at radius 3 is 3.00 bits per heavy atom. The number of rotatable bonds is 4. The Morgan fingerprint density at radius 2 is 2.38 bits per heavy atom. The highest BCUT2D eigenvalue weighted by molar-refractivity contribution is 5.71. The highest BCUT2D eigenvalue weighted by Crippen LogP contribution is 2.10. The third-order valence-corrected chi connectivity index (χ3v) is 2.44. The highest BCUT2D eigenvalue weighted by atomic mass is 16.2. The zero-order valence-corrected chi connectivity index (χ0v) is 8.01. The number of carbonyl (C=O) groups is 1. The molecule has 1 rings (SSSR count). The maximum atomic E-state index is 10.3. The van der Waals surface area contributed by atoms with E-state index in [2.05, 4.69) is 10.6 Å². The SMILES string of the molecule is NC(=O)NCCCC1CCCCN1. The van der Waals surface area contributed by atoms with Gasteiger partial charge < -0.3 is 16.4 Å². The minimum Gasteiger partial charge on any atom is -0.352 e. The Kier molecular flexibility index (Phi) is 4.60. The van der Waals surface area contributed by atoms with E-state index in [0.29, 0.717) is 12.6 Å². The van der Waals surface area contributed by atoms with Gasteiger partial charge >= 0.3 is 6.03 Å². The first-order chi connectivity index (χ1) is 6.29. The molecule has 1 heterocycles. The maximum Gasteiger partial charge on any atom is 0.312 e. The van der Waals surface area contributed by atoms with Gasteiger partial charge in [0.25, 0.3) is 0 Å². The predicted molar refractivity (Wildman–Crippen MR) is 52.5 cm³/mol. The second-order valence-electron chi connectivity index (χ2n) is 3.58. The molecule has 4 N–H and O–H groups in total. The summed E-state index contributed by atoms with van der Waals surface area (Å²) in [5.41, 5.74) is 4.95. The van der Waals surface area contributed by atoms with Crippen LogP contribution in [-0.4, -0.2) is 25.2 Å². The molecule has 0 aromatic rings. The van der Waals surface area contributed by atoms with Crippen LogP contribution >= 0.6 is 0 Å². The van der Waals surface area contributed by atoms with Crippen molar-refractivity contribution in [3.8, 4) is 0 Å². The van der Waals surface area contributed by atoms with Crippen molar-refractivity contribution in [2.75, 3.05) is 13.1 Å². The Morgan fingerprint density at radius 1 is 1.54 bits per heavy atom. The van der Waals surface area contributed by atoms with E-state index >= 15 is 0 Å². The summed E-state index contributed by atoms with van der Waals surface area (Å²) in [6.07, 6.45) is 6.06. The van der Waals surface area contributed by atoms with Crippen molar-refractivity contribution in [2.45, 2.75) is 38.1 Å². The Balaban J connectivity index is 1.95. The average molecular weight is 185 g/mol. The van der Waals surface area contributed by atoms with Crippen LogP contribution in [0.25, 0.3) is 0 Å². The summed E-state index contributed by atoms with van der Waals surface area (Å²) in [5.74, 6) is 0. The lowest BCUT2D eigenvalue weighted by Crippen LogP contribution is -2.35. The fourth-order valence-corrected chi connectivity index (χ4v) is 1.73. The number of primary amides is 1. The molecule has 0 bridgehead atoms. The first-order valence-electron chi connectivity index (χ1n) is 5.06. The van der Waals surface area contributed by atoms with Gasteiger partial charge in [0.1, 0.15) is 0 Å². The fourth-order valence-electron chi connectivity index (χ4n) is 1.73. The quantitative estimate of drug-likeness (QED) is 0.561. The number of nitrogens with one attached hydrogen (secondary N) is 2. The van der Waals surface area contributed by atoms with Crippen LogP contribution in [0.2, 0.25) is 0 Å². The zero-order chi connectivity index (χ0) is 9.52. The van der Waals surface area contributed by atoms with Gasteiger partial charge in [-0.05, 0) is 32.2 Å². The molecule has 0 saturated carbocycles. The van der Waals surface area contributed by atoms with Crippen molar-refractivity contribution in [3.05, 3.63) is 0 Å². The second-order valence-corrected chi connectivity index (χ2v) is 3.58. The monoisotopic (exact) mass is 185 g/mol. The molecule has 0 radical (unpaired) electrons. The number of amides is 2. The lowest BCUT2D eigenvalue weighted by atomic mass is 10.0. The molecule has 1 atom stereocenters. The molecule has 1 aliphatic heterocycles. The summed E-state index contributed by atoms with van der Waals surface area (Å²) in [5, 5.41) is 6.06. The van der Waals surface area contributed by atoms with E-state index in [1.807, 2.05) is 0 Å². The molecular weight excluding hydrogens is 166 g/mol. The highest BCUT2D eigenvalue weighted by Gasteiger charge is 2.11. The van der Waals surface area contributed by atoms with Crippen molar-refractivity contribution in [1.82, 2.24) is 10.6 Å². The van der Waals surface area contributed by atoms with Gasteiger partial charge in [0.15, 0.2) is 0 Å². The molecule has 4 heteroatoms. The predicted octanol–water partition coefficient (Wildman–Crippen LogP) is 0.577.